The Morgan fingerprint density at radius 2 is 2.06 bits per heavy atom. The summed E-state index contributed by atoms with van der Waals surface area (Å²) in [7, 11) is 0. The number of benzene rings is 1. The van der Waals surface area contributed by atoms with Crippen LogP contribution in [0.2, 0.25) is 0 Å². The Balaban J connectivity index is 2.00. The van der Waals surface area contributed by atoms with Crippen molar-refractivity contribution in [2.45, 2.75) is 17.9 Å². The molecule has 0 bridgehead atoms. The van der Waals surface area contributed by atoms with Crippen molar-refractivity contribution in [3.8, 4) is 0 Å². The Hall–Kier alpha value is -0.330. The summed E-state index contributed by atoms with van der Waals surface area (Å²) >= 11 is 7.01. The lowest BCUT2D eigenvalue weighted by Crippen LogP contribution is -2.29. The number of halogens is 1. The second kappa shape index (κ2) is 6.73. The Kier molecular flexibility index (Phi) is 5.26. The average Bonchev–Trinajstić information content (AvgIpc) is 2.79. The number of thioether (sulfide) groups is 1. The molecule has 0 aliphatic carbocycles. The van der Waals surface area contributed by atoms with E-state index in [1.54, 1.807) is 11.3 Å². The Labute approximate surface area is 124 Å². The van der Waals surface area contributed by atoms with Crippen LogP contribution in [0.25, 0.3) is 0 Å². The number of nitrogens with two attached hydrogens (primary N) is 1. The van der Waals surface area contributed by atoms with E-state index in [1.165, 1.54) is 15.3 Å². The van der Waals surface area contributed by atoms with Crippen LogP contribution in [0.3, 0.4) is 0 Å². The molecule has 0 aliphatic heterocycles. The number of nitrogens with one attached hydrogen (secondary N) is 1. The van der Waals surface area contributed by atoms with E-state index in [1.807, 2.05) is 11.8 Å². The Morgan fingerprint density at radius 3 is 2.61 bits per heavy atom. The molecule has 1 aromatic heterocycles. The zero-order valence-corrected chi connectivity index (χ0v) is 13.2. The summed E-state index contributed by atoms with van der Waals surface area (Å²) in [4.78, 5) is 2.58. The first-order chi connectivity index (χ1) is 8.70. The van der Waals surface area contributed by atoms with E-state index in [0.717, 1.165) is 10.2 Å². The molecule has 0 aliphatic rings. The molecule has 1 atom stereocenters. The molecule has 1 unspecified atom stereocenters. The molecular formula is C13H15BrN2S2. The highest BCUT2D eigenvalue weighted by atomic mass is 79.9. The number of hydrazine groups is 1. The number of hydrogen-bond donors (Lipinski definition) is 2. The summed E-state index contributed by atoms with van der Waals surface area (Å²) < 4.78 is 1.11. The van der Waals surface area contributed by atoms with Crippen LogP contribution in [0.4, 0.5) is 0 Å². The van der Waals surface area contributed by atoms with Crippen molar-refractivity contribution in [3.05, 3.63) is 50.6 Å². The van der Waals surface area contributed by atoms with Gasteiger partial charge in [0.25, 0.3) is 0 Å². The number of hydrogen-bond acceptors (Lipinski definition) is 4. The molecule has 0 amide bonds. The van der Waals surface area contributed by atoms with Gasteiger partial charge in [-0.1, -0.05) is 15.9 Å². The topological polar surface area (TPSA) is 38.0 Å². The fourth-order valence-corrected chi connectivity index (χ4v) is 3.69. The number of aryl methyl sites for hydroxylation is 1. The van der Waals surface area contributed by atoms with Crippen LogP contribution in [0, 0.1) is 6.92 Å². The summed E-state index contributed by atoms with van der Waals surface area (Å²) in [5.41, 5.74) is 4.20. The lowest BCUT2D eigenvalue weighted by Gasteiger charge is -2.15. The lowest BCUT2D eigenvalue weighted by atomic mass is 10.1. The zero-order valence-electron chi connectivity index (χ0n) is 10.0. The van der Waals surface area contributed by atoms with Crippen molar-refractivity contribution in [1.29, 1.82) is 0 Å². The largest absolute Gasteiger partial charge is 0.271 e. The van der Waals surface area contributed by atoms with Crippen LogP contribution in [0.1, 0.15) is 16.5 Å². The van der Waals surface area contributed by atoms with E-state index in [-0.39, 0.29) is 6.04 Å². The van der Waals surface area contributed by atoms with Gasteiger partial charge in [-0.25, -0.2) is 0 Å². The molecule has 0 radical (unpaired) electrons. The van der Waals surface area contributed by atoms with Crippen molar-refractivity contribution >= 4 is 39.0 Å². The van der Waals surface area contributed by atoms with E-state index >= 15 is 0 Å². The number of rotatable bonds is 5. The first-order valence-electron chi connectivity index (χ1n) is 5.59. The SMILES string of the molecule is Cc1sccc1C(CSc1ccc(Br)cc1)NN. The van der Waals surface area contributed by atoms with Gasteiger partial charge in [-0.05, 0) is 48.2 Å². The fraction of sp³-hybridized carbons (Fsp3) is 0.231. The van der Waals surface area contributed by atoms with Crippen molar-refractivity contribution in [3.63, 3.8) is 0 Å². The molecular weight excluding hydrogens is 328 g/mol. The lowest BCUT2D eigenvalue weighted by molar-refractivity contribution is 0.610. The Morgan fingerprint density at radius 1 is 1.33 bits per heavy atom. The second-order valence-electron chi connectivity index (χ2n) is 3.92. The van der Waals surface area contributed by atoms with Gasteiger partial charge < -0.3 is 0 Å². The van der Waals surface area contributed by atoms with Gasteiger partial charge in [-0.2, -0.15) is 0 Å². The highest BCUT2D eigenvalue weighted by Gasteiger charge is 2.13. The van der Waals surface area contributed by atoms with Gasteiger partial charge in [-0.3, -0.25) is 11.3 Å². The van der Waals surface area contributed by atoms with Gasteiger partial charge in [-0.15, -0.1) is 23.1 Å². The predicted octanol–water partition coefficient (Wildman–Crippen LogP) is 4.12. The van der Waals surface area contributed by atoms with E-state index in [2.05, 4.69) is 64.0 Å². The van der Waals surface area contributed by atoms with Crippen LogP contribution in [-0.2, 0) is 0 Å². The molecule has 0 spiro atoms. The van der Waals surface area contributed by atoms with E-state index in [9.17, 15) is 0 Å². The minimum absolute atomic E-state index is 0.199. The summed E-state index contributed by atoms with van der Waals surface area (Å²) in [5.74, 6) is 6.58. The molecule has 0 saturated heterocycles. The molecule has 5 heteroatoms. The van der Waals surface area contributed by atoms with Crippen LogP contribution in [0.5, 0.6) is 0 Å². The molecule has 1 heterocycles. The smallest absolute Gasteiger partial charge is 0.0564 e. The van der Waals surface area contributed by atoms with E-state index in [4.69, 9.17) is 5.84 Å². The third-order valence-corrected chi connectivity index (χ3v) is 5.20. The van der Waals surface area contributed by atoms with Crippen molar-refractivity contribution in [2.24, 2.45) is 5.84 Å². The molecule has 2 nitrogen and oxygen atoms in total. The normalized spacial score (nSPS) is 12.6. The third-order valence-electron chi connectivity index (χ3n) is 2.71. The minimum atomic E-state index is 0.199. The maximum absolute atomic E-state index is 5.65. The van der Waals surface area contributed by atoms with Gasteiger partial charge in [0.2, 0.25) is 0 Å². The monoisotopic (exact) mass is 342 g/mol. The second-order valence-corrected chi connectivity index (χ2v) is 7.05. The zero-order chi connectivity index (χ0) is 13.0. The summed E-state index contributed by atoms with van der Waals surface area (Å²) in [6.07, 6.45) is 0. The molecule has 3 N–H and O–H groups in total. The highest BCUT2D eigenvalue weighted by molar-refractivity contribution is 9.10. The van der Waals surface area contributed by atoms with Gasteiger partial charge in [0.15, 0.2) is 0 Å². The van der Waals surface area contributed by atoms with Crippen molar-refractivity contribution < 1.29 is 0 Å². The Bertz CT molecular complexity index is 496. The molecule has 2 aromatic rings. The van der Waals surface area contributed by atoms with Crippen LogP contribution < -0.4 is 11.3 Å². The standard InChI is InChI=1S/C13H15BrN2S2/c1-9-12(6-7-17-9)13(16-15)8-18-11-4-2-10(14)3-5-11/h2-7,13,16H,8,15H2,1H3. The van der Waals surface area contributed by atoms with E-state index < -0.39 is 0 Å². The minimum Gasteiger partial charge on any atom is -0.271 e. The molecule has 0 saturated carbocycles. The first-order valence-corrected chi connectivity index (χ1v) is 8.25. The molecule has 2 rings (SSSR count). The molecule has 96 valence electrons. The summed E-state index contributed by atoms with van der Waals surface area (Å²) in [6, 6.07) is 10.7. The highest BCUT2D eigenvalue weighted by Crippen LogP contribution is 2.28. The molecule has 1 aromatic carbocycles. The summed E-state index contributed by atoms with van der Waals surface area (Å²) in [5, 5.41) is 2.11. The maximum Gasteiger partial charge on any atom is 0.0564 e. The quantitative estimate of drug-likeness (QED) is 0.487. The van der Waals surface area contributed by atoms with Gasteiger partial charge in [0.05, 0.1) is 6.04 Å². The molecule has 18 heavy (non-hydrogen) atoms. The first kappa shape index (κ1) is 14.1. The van der Waals surface area contributed by atoms with Gasteiger partial charge in [0, 0.05) is 20.0 Å². The van der Waals surface area contributed by atoms with Crippen LogP contribution in [0.15, 0.2) is 45.1 Å². The maximum atomic E-state index is 5.65. The van der Waals surface area contributed by atoms with E-state index in [0.29, 0.717) is 0 Å². The fourth-order valence-electron chi connectivity index (χ4n) is 1.69. The van der Waals surface area contributed by atoms with Gasteiger partial charge in [0.1, 0.15) is 0 Å². The average molecular weight is 343 g/mol. The van der Waals surface area contributed by atoms with Crippen LogP contribution in [-0.4, -0.2) is 5.75 Å². The van der Waals surface area contributed by atoms with Crippen molar-refractivity contribution in [1.82, 2.24) is 5.43 Å². The molecule has 0 fully saturated rings. The predicted molar refractivity (Wildman–Crippen MR) is 84.0 cm³/mol. The van der Waals surface area contributed by atoms with Gasteiger partial charge >= 0.3 is 0 Å². The number of thiophene rings is 1. The van der Waals surface area contributed by atoms with Crippen molar-refractivity contribution in [2.75, 3.05) is 5.75 Å². The summed E-state index contributed by atoms with van der Waals surface area (Å²) in [6.45, 7) is 2.13. The van der Waals surface area contributed by atoms with Crippen LogP contribution >= 0.6 is 39.0 Å². The third kappa shape index (κ3) is 3.59.